The van der Waals surface area contributed by atoms with Gasteiger partial charge in [0, 0.05) is 12.8 Å². The second-order valence-electron chi connectivity index (χ2n) is 28.1. The summed E-state index contributed by atoms with van der Waals surface area (Å²) in [5.41, 5.74) is 0. The van der Waals surface area contributed by atoms with E-state index in [9.17, 15) is 19.8 Å². The number of carbonyl (C=O) groups excluding carboxylic acids is 2. The summed E-state index contributed by atoms with van der Waals surface area (Å²) in [5, 5.41) is 23.3. The lowest BCUT2D eigenvalue weighted by atomic mass is 10.0. The Kier molecular flexibility index (Phi) is 77.3. The van der Waals surface area contributed by atoms with Crippen LogP contribution in [-0.2, 0) is 14.3 Å². The molecular formula is C84H159NO5. The molecule has 0 aliphatic heterocycles. The SMILES string of the molecule is CCC/C=C\C/C=C\CCCCCCCC(=O)OCCCCCCCCCCCCCCCC/C=C\CCCCCCCCCCCCCCCCCCCC(=O)NC(CO)C(O)/C=C/CCCCCCCCCCCCCCCCCCCCCCCCC. The van der Waals surface area contributed by atoms with Gasteiger partial charge in [-0.15, -0.1) is 0 Å². The van der Waals surface area contributed by atoms with E-state index < -0.39 is 12.1 Å². The van der Waals surface area contributed by atoms with Crippen LogP contribution in [0, 0.1) is 0 Å². The quantitative estimate of drug-likeness (QED) is 0.0320. The highest BCUT2D eigenvalue weighted by atomic mass is 16.5. The molecular weight excluding hydrogens is 1100 g/mol. The van der Waals surface area contributed by atoms with E-state index in [-0.39, 0.29) is 18.5 Å². The van der Waals surface area contributed by atoms with Crippen LogP contribution in [0.5, 0.6) is 0 Å². The zero-order valence-corrected chi connectivity index (χ0v) is 60.9. The third kappa shape index (κ3) is 74.9. The van der Waals surface area contributed by atoms with Gasteiger partial charge in [-0.05, 0) is 83.5 Å². The van der Waals surface area contributed by atoms with Gasteiger partial charge in [0.05, 0.1) is 25.4 Å². The molecule has 0 spiro atoms. The first-order valence-electron chi connectivity index (χ1n) is 40.9. The van der Waals surface area contributed by atoms with Crippen LogP contribution in [0.3, 0.4) is 0 Å². The topological polar surface area (TPSA) is 95.9 Å². The summed E-state index contributed by atoms with van der Waals surface area (Å²) in [5.74, 6) is -0.0545. The molecule has 0 aromatic carbocycles. The Labute approximate surface area is 563 Å². The molecule has 0 rings (SSSR count). The first-order chi connectivity index (χ1) is 44.5. The van der Waals surface area contributed by atoms with Crippen LogP contribution in [0.15, 0.2) is 48.6 Å². The number of hydrogen-bond donors (Lipinski definition) is 3. The highest BCUT2D eigenvalue weighted by Gasteiger charge is 2.18. The van der Waals surface area contributed by atoms with Gasteiger partial charge in [-0.3, -0.25) is 9.59 Å². The number of allylic oxidation sites excluding steroid dienone is 7. The summed E-state index contributed by atoms with van der Waals surface area (Å²) in [6.45, 7) is 4.88. The van der Waals surface area contributed by atoms with Crippen molar-refractivity contribution in [2.24, 2.45) is 0 Å². The number of aliphatic hydroxyl groups is 2. The minimum atomic E-state index is -0.844. The number of unbranched alkanes of at least 4 members (excludes halogenated alkanes) is 60. The second-order valence-corrected chi connectivity index (χ2v) is 28.1. The molecule has 0 aromatic heterocycles. The van der Waals surface area contributed by atoms with Crippen molar-refractivity contribution >= 4 is 11.9 Å². The van der Waals surface area contributed by atoms with Crippen molar-refractivity contribution in [3.63, 3.8) is 0 Å². The number of aliphatic hydroxyl groups excluding tert-OH is 2. The predicted molar refractivity (Wildman–Crippen MR) is 398 cm³/mol. The fourth-order valence-corrected chi connectivity index (χ4v) is 12.8. The van der Waals surface area contributed by atoms with Crippen LogP contribution in [0.4, 0.5) is 0 Å². The molecule has 0 heterocycles. The third-order valence-corrected chi connectivity index (χ3v) is 19.0. The molecule has 6 nitrogen and oxygen atoms in total. The van der Waals surface area contributed by atoms with Crippen molar-refractivity contribution in [1.82, 2.24) is 5.32 Å². The molecule has 530 valence electrons. The summed E-state index contributed by atoms with van der Waals surface area (Å²) in [4.78, 5) is 24.6. The zero-order valence-electron chi connectivity index (χ0n) is 60.9. The molecule has 0 aliphatic carbocycles. The van der Waals surface area contributed by atoms with Crippen molar-refractivity contribution in [1.29, 1.82) is 0 Å². The molecule has 2 atom stereocenters. The first-order valence-corrected chi connectivity index (χ1v) is 40.9. The summed E-state index contributed by atoms with van der Waals surface area (Å²) in [6.07, 6.45) is 105. The largest absolute Gasteiger partial charge is 0.466 e. The monoisotopic (exact) mass is 1260 g/mol. The molecule has 0 fully saturated rings. The number of hydrogen-bond acceptors (Lipinski definition) is 5. The van der Waals surface area contributed by atoms with E-state index in [0.717, 1.165) is 51.4 Å². The average molecular weight is 1260 g/mol. The Morgan fingerprint density at radius 3 is 0.900 bits per heavy atom. The number of rotatable bonds is 77. The first kappa shape index (κ1) is 87.8. The maximum Gasteiger partial charge on any atom is 0.305 e. The number of esters is 1. The number of nitrogens with one attached hydrogen (secondary N) is 1. The van der Waals surface area contributed by atoms with Gasteiger partial charge in [-0.1, -0.05) is 403 Å². The Hall–Kier alpha value is -2.18. The van der Waals surface area contributed by atoms with E-state index in [1.54, 1.807) is 6.08 Å². The summed E-state index contributed by atoms with van der Waals surface area (Å²) in [6, 6.07) is -0.627. The predicted octanol–water partition coefficient (Wildman–Crippen LogP) is 27.2. The molecule has 2 unspecified atom stereocenters. The van der Waals surface area contributed by atoms with Gasteiger partial charge in [-0.2, -0.15) is 0 Å². The van der Waals surface area contributed by atoms with Crippen molar-refractivity contribution in [2.45, 2.75) is 463 Å². The minimum absolute atomic E-state index is 0.00498. The van der Waals surface area contributed by atoms with Gasteiger partial charge in [0.15, 0.2) is 0 Å². The van der Waals surface area contributed by atoms with Crippen LogP contribution < -0.4 is 5.32 Å². The standard InChI is InChI=1S/C84H159NO5/c1-3-5-7-9-11-13-15-17-18-19-20-21-22-34-37-40-43-46-49-53-56-60-64-68-72-76-82(87)81(80-86)85-83(88)77-73-69-65-61-57-54-50-47-44-41-38-35-32-30-28-26-24-23-25-27-29-31-33-36-39-42-45-48-51-55-59-63-67-71-75-79-90-84(89)78-74-70-66-62-58-52-16-14-12-10-8-6-4-2/h8,10,14,16,25,27,72,76,81-82,86-87H,3-7,9,11-13,15,17-24,26,28-71,73-75,77-80H2,1-2H3,(H,85,88)/b10-8-,16-14-,27-25-,76-72+. The van der Waals surface area contributed by atoms with Crippen LogP contribution in [0.1, 0.15) is 450 Å². The summed E-state index contributed by atoms with van der Waals surface area (Å²) >= 11 is 0. The number of ether oxygens (including phenoxy) is 1. The van der Waals surface area contributed by atoms with Gasteiger partial charge < -0.3 is 20.3 Å². The Morgan fingerprint density at radius 1 is 0.311 bits per heavy atom. The minimum Gasteiger partial charge on any atom is -0.466 e. The van der Waals surface area contributed by atoms with E-state index in [4.69, 9.17) is 4.74 Å². The lowest BCUT2D eigenvalue weighted by Gasteiger charge is -2.20. The van der Waals surface area contributed by atoms with E-state index in [1.807, 2.05) is 6.08 Å². The lowest BCUT2D eigenvalue weighted by molar-refractivity contribution is -0.143. The molecule has 90 heavy (non-hydrogen) atoms. The summed E-state index contributed by atoms with van der Waals surface area (Å²) in [7, 11) is 0. The van der Waals surface area contributed by atoms with Crippen molar-refractivity contribution in [3.05, 3.63) is 48.6 Å². The number of amides is 1. The fraction of sp³-hybridized carbons (Fsp3) is 0.881. The van der Waals surface area contributed by atoms with E-state index >= 15 is 0 Å². The van der Waals surface area contributed by atoms with Gasteiger partial charge >= 0.3 is 5.97 Å². The Balaban J connectivity index is 3.37. The van der Waals surface area contributed by atoms with Gasteiger partial charge in [0.2, 0.25) is 5.91 Å². The van der Waals surface area contributed by atoms with Crippen LogP contribution in [-0.4, -0.2) is 47.4 Å². The molecule has 0 aliphatic rings. The van der Waals surface area contributed by atoms with E-state index in [1.165, 1.54) is 372 Å². The second kappa shape index (κ2) is 79.3. The van der Waals surface area contributed by atoms with Gasteiger partial charge in [0.25, 0.3) is 0 Å². The van der Waals surface area contributed by atoms with Crippen LogP contribution in [0.2, 0.25) is 0 Å². The maximum atomic E-state index is 12.6. The number of carbonyl (C=O) groups is 2. The summed E-state index contributed by atoms with van der Waals surface area (Å²) < 4.78 is 5.48. The Bertz CT molecular complexity index is 1500. The highest BCUT2D eigenvalue weighted by Crippen LogP contribution is 2.20. The van der Waals surface area contributed by atoms with Crippen molar-refractivity contribution in [3.8, 4) is 0 Å². The zero-order chi connectivity index (χ0) is 64.9. The van der Waals surface area contributed by atoms with Crippen molar-refractivity contribution in [2.75, 3.05) is 13.2 Å². The van der Waals surface area contributed by atoms with Gasteiger partial charge in [-0.25, -0.2) is 0 Å². The third-order valence-electron chi connectivity index (χ3n) is 19.0. The van der Waals surface area contributed by atoms with Gasteiger partial charge in [0.1, 0.15) is 0 Å². The lowest BCUT2D eigenvalue weighted by Crippen LogP contribution is -2.45. The van der Waals surface area contributed by atoms with Crippen LogP contribution >= 0.6 is 0 Å². The highest BCUT2D eigenvalue weighted by molar-refractivity contribution is 5.76. The van der Waals surface area contributed by atoms with Crippen molar-refractivity contribution < 1.29 is 24.5 Å². The molecule has 1 amide bonds. The molecule has 0 saturated heterocycles. The van der Waals surface area contributed by atoms with E-state index in [2.05, 4.69) is 55.6 Å². The fourth-order valence-electron chi connectivity index (χ4n) is 12.8. The Morgan fingerprint density at radius 2 is 0.578 bits per heavy atom. The average Bonchev–Trinajstić information content (AvgIpc) is 3.62. The van der Waals surface area contributed by atoms with E-state index in [0.29, 0.717) is 19.4 Å². The normalized spacial score (nSPS) is 12.7. The smallest absolute Gasteiger partial charge is 0.305 e. The maximum absolute atomic E-state index is 12.6. The molecule has 0 radical (unpaired) electrons. The molecule has 0 bridgehead atoms. The molecule has 0 saturated carbocycles. The molecule has 6 heteroatoms. The van der Waals surface area contributed by atoms with Crippen LogP contribution in [0.25, 0.3) is 0 Å². The molecule has 0 aromatic rings. The molecule has 3 N–H and O–H groups in total.